The fourth-order valence-electron chi connectivity index (χ4n) is 5.04. The summed E-state index contributed by atoms with van der Waals surface area (Å²) >= 11 is 0. The highest BCUT2D eigenvalue weighted by Crippen LogP contribution is 2.32. The van der Waals surface area contributed by atoms with Gasteiger partial charge >= 0.3 is 6.01 Å². The van der Waals surface area contributed by atoms with E-state index in [0.717, 1.165) is 30.6 Å². The van der Waals surface area contributed by atoms with Crippen molar-refractivity contribution >= 4 is 40.1 Å². The third-order valence-corrected chi connectivity index (χ3v) is 6.70. The van der Waals surface area contributed by atoms with E-state index in [1.165, 1.54) is 12.3 Å². The number of rotatable bonds is 6. The molecule has 0 spiro atoms. The normalized spacial score (nSPS) is 21.8. The molecule has 200 valence electrons. The summed E-state index contributed by atoms with van der Waals surface area (Å²) in [5.41, 5.74) is 8.12. The molecule has 1 aromatic heterocycles. The van der Waals surface area contributed by atoms with Gasteiger partial charge in [-0.25, -0.2) is 9.37 Å². The van der Waals surface area contributed by atoms with Gasteiger partial charge in [0.2, 0.25) is 0 Å². The van der Waals surface area contributed by atoms with Gasteiger partial charge in [-0.3, -0.25) is 9.79 Å². The van der Waals surface area contributed by atoms with Gasteiger partial charge in [0.05, 0.1) is 30.0 Å². The number of benzene rings is 2. The second-order valence-corrected chi connectivity index (χ2v) is 9.83. The average Bonchev–Trinajstić information content (AvgIpc) is 3.39. The smallest absolute Gasteiger partial charge is 0.317 e. The summed E-state index contributed by atoms with van der Waals surface area (Å²) in [5, 5.41) is 7.05. The molecule has 38 heavy (non-hydrogen) atoms. The molecule has 0 aliphatic carbocycles. The van der Waals surface area contributed by atoms with E-state index in [2.05, 4.69) is 44.3 Å². The van der Waals surface area contributed by atoms with Gasteiger partial charge in [0.15, 0.2) is 0 Å². The van der Waals surface area contributed by atoms with Crippen LogP contribution in [0.2, 0.25) is 0 Å². The minimum atomic E-state index is -0.642. The van der Waals surface area contributed by atoms with Gasteiger partial charge in [-0.2, -0.15) is 4.98 Å². The third-order valence-electron chi connectivity index (χ3n) is 6.70. The second kappa shape index (κ2) is 10.9. The van der Waals surface area contributed by atoms with Crippen molar-refractivity contribution in [2.45, 2.75) is 38.5 Å². The van der Waals surface area contributed by atoms with Crippen LogP contribution in [-0.2, 0) is 4.74 Å². The van der Waals surface area contributed by atoms with Crippen LogP contribution in [0.5, 0.6) is 6.01 Å². The number of halogens is 1. The molecule has 2 saturated heterocycles. The zero-order valence-electron chi connectivity index (χ0n) is 21.7. The topological polar surface area (TPSA) is 127 Å². The Labute approximate surface area is 220 Å². The largest absolute Gasteiger partial charge is 0.458 e. The molecule has 10 nitrogen and oxygen atoms in total. The highest BCUT2D eigenvalue weighted by molar-refractivity contribution is 6.14. The van der Waals surface area contributed by atoms with Crippen molar-refractivity contribution in [2.24, 2.45) is 4.99 Å². The first kappa shape index (κ1) is 25.8. The Hall–Kier alpha value is -3.83. The molecule has 2 aliphatic rings. The number of piperazine rings is 1. The number of carbonyl (C=O) groups is 1. The van der Waals surface area contributed by atoms with Crippen molar-refractivity contribution in [2.75, 3.05) is 49.3 Å². The summed E-state index contributed by atoms with van der Waals surface area (Å²) in [7, 11) is 1.56. The molecule has 3 atom stereocenters. The molecule has 2 fully saturated rings. The monoisotopic (exact) mass is 521 g/mol. The quantitative estimate of drug-likeness (QED) is 0.334. The summed E-state index contributed by atoms with van der Waals surface area (Å²) in [6, 6.07) is 7.18. The fourth-order valence-corrected chi connectivity index (χ4v) is 5.04. The Bertz CT molecular complexity index is 1370. The lowest BCUT2D eigenvalue weighted by Gasteiger charge is -2.38. The molecule has 11 heteroatoms. The first-order valence-corrected chi connectivity index (χ1v) is 12.7. The van der Waals surface area contributed by atoms with Gasteiger partial charge in [-0.1, -0.05) is 0 Å². The van der Waals surface area contributed by atoms with E-state index < -0.39 is 11.7 Å². The molecule has 4 N–H and O–H groups in total. The number of carbonyl (C=O) groups excluding carboxylic acids is 1. The van der Waals surface area contributed by atoms with Crippen molar-refractivity contribution in [3.63, 3.8) is 0 Å². The van der Waals surface area contributed by atoms with Gasteiger partial charge in [0.1, 0.15) is 11.9 Å². The number of nitrogens with two attached hydrogens (primary N) is 1. The predicted octanol–water partition coefficient (Wildman–Crippen LogP) is 3.01. The molecule has 1 unspecified atom stereocenters. The molecule has 0 saturated carbocycles. The first-order valence-electron chi connectivity index (χ1n) is 12.7. The molecule has 5 rings (SSSR count). The highest BCUT2D eigenvalue weighted by Gasteiger charge is 2.26. The second-order valence-electron chi connectivity index (χ2n) is 9.83. The number of hydrogen-bond acceptors (Lipinski definition) is 9. The van der Waals surface area contributed by atoms with E-state index in [1.807, 2.05) is 6.07 Å². The van der Waals surface area contributed by atoms with E-state index in [-0.39, 0.29) is 23.5 Å². The van der Waals surface area contributed by atoms with Gasteiger partial charge in [-0.05, 0) is 38.1 Å². The maximum Gasteiger partial charge on any atom is 0.317 e. The number of nitrogen functional groups attached to an aromatic ring is 1. The lowest BCUT2D eigenvalue weighted by Crippen LogP contribution is -2.54. The van der Waals surface area contributed by atoms with Gasteiger partial charge in [0.25, 0.3) is 5.91 Å². The van der Waals surface area contributed by atoms with Crippen LogP contribution in [-0.4, -0.2) is 73.6 Å². The summed E-state index contributed by atoms with van der Waals surface area (Å²) in [6.45, 7) is 6.98. The number of nitrogens with zero attached hydrogens (tertiary/aromatic N) is 4. The SMILES string of the molecule is CN=Cc1cc(NC(=O)c2ccc(N3C[C@@H](C)N[C@@H](C)C3)c3cnc(OC4CCOC4)nc23)cc(F)c1N. The van der Waals surface area contributed by atoms with Crippen LogP contribution < -0.4 is 26.0 Å². The number of aromatic nitrogens is 2. The van der Waals surface area contributed by atoms with Crippen LogP contribution in [0.25, 0.3) is 10.9 Å². The zero-order valence-corrected chi connectivity index (χ0v) is 21.7. The first-order chi connectivity index (χ1) is 18.3. The zero-order chi connectivity index (χ0) is 26.8. The molecular weight excluding hydrogens is 489 g/mol. The third kappa shape index (κ3) is 5.39. The van der Waals surface area contributed by atoms with Gasteiger partial charge in [-0.15, -0.1) is 0 Å². The summed E-state index contributed by atoms with van der Waals surface area (Å²) in [5.74, 6) is -1.09. The molecule has 2 aliphatic heterocycles. The molecule has 0 bridgehead atoms. The summed E-state index contributed by atoms with van der Waals surface area (Å²) in [4.78, 5) is 28.8. The molecule has 1 amide bonds. The number of amides is 1. The van der Waals surface area contributed by atoms with Crippen LogP contribution in [0.1, 0.15) is 36.2 Å². The minimum absolute atomic E-state index is 0.0340. The average molecular weight is 522 g/mol. The number of nitrogens with one attached hydrogen (secondary N) is 2. The fraction of sp³-hybridized carbons (Fsp3) is 0.407. The molecule has 3 heterocycles. The van der Waals surface area contributed by atoms with Gasteiger partial charge in [0, 0.05) is 73.4 Å². The summed E-state index contributed by atoms with van der Waals surface area (Å²) in [6.07, 6.45) is 3.75. The van der Waals surface area contributed by atoms with Crippen LogP contribution in [0, 0.1) is 5.82 Å². The van der Waals surface area contributed by atoms with Crippen LogP contribution in [0.15, 0.2) is 35.5 Å². The Morgan fingerprint density at radius 3 is 2.82 bits per heavy atom. The predicted molar refractivity (Wildman–Crippen MR) is 146 cm³/mol. The van der Waals surface area contributed by atoms with Crippen LogP contribution in [0.3, 0.4) is 0 Å². The van der Waals surface area contributed by atoms with Crippen LogP contribution in [0.4, 0.5) is 21.5 Å². The van der Waals surface area contributed by atoms with Gasteiger partial charge < -0.3 is 30.7 Å². The van der Waals surface area contributed by atoms with E-state index in [4.69, 9.17) is 15.2 Å². The number of ether oxygens (including phenoxy) is 2. The molecule has 0 radical (unpaired) electrons. The van der Waals surface area contributed by atoms with E-state index in [9.17, 15) is 9.18 Å². The van der Waals surface area contributed by atoms with E-state index >= 15 is 0 Å². The molecule has 2 aromatic carbocycles. The Morgan fingerprint density at radius 2 is 2.11 bits per heavy atom. The standard InChI is InChI=1S/C27H32FN7O3/c1-15-12-35(13-16(2)32-15)23-5-4-20(25-21(23)11-31-27(34-25)38-19-6-7-37-14-19)26(36)33-18-8-17(10-30-3)24(29)22(28)9-18/h4-5,8-11,15-16,19,32H,6-7,12-14,29H2,1-3H3,(H,33,36)/t15-,16+,19?. The number of fused-ring (bicyclic) bond motifs is 1. The Kier molecular flexibility index (Phi) is 7.39. The van der Waals surface area contributed by atoms with E-state index in [1.54, 1.807) is 25.4 Å². The maximum atomic E-state index is 14.4. The number of anilines is 3. The van der Waals surface area contributed by atoms with Crippen molar-refractivity contribution in [1.82, 2.24) is 15.3 Å². The lowest BCUT2D eigenvalue weighted by atomic mass is 10.0. The van der Waals surface area contributed by atoms with Crippen molar-refractivity contribution in [3.8, 4) is 6.01 Å². The molecular formula is C27H32FN7O3. The molecule has 3 aromatic rings. The van der Waals surface area contributed by atoms with Crippen molar-refractivity contribution in [1.29, 1.82) is 0 Å². The lowest BCUT2D eigenvalue weighted by molar-refractivity contribution is 0.102. The van der Waals surface area contributed by atoms with E-state index in [0.29, 0.717) is 41.9 Å². The van der Waals surface area contributed by atoms with Crippen LogP contribution >= 0.6 is 0 Å². The Morgan fingerprint density at radius 1 is 1.32 bits per heavy atom. The highest BCUT2D eigenvalue weighted by atomic mass is 19.1. The number of aliphatic imine (C=N–C) groups is 1. The Balaban J connectivity index is 1.54. The van der Waals surface area contributed by atoms with Crippen molar-refractivity contribution < 1.29 is 18.7 Å². The number of hydrogen-bond donors (Lipinski definition) is 3. The summed E-state index contributed by atoms with van der Waals surface area (Å²) < 4.78 is 25.8. The maximum absolute atomic E-state index is 14.4. The minimum Gasteiger partial charge on any atom is -0.458 e. The van der Waals surface area contributed by atoms with Crippen molar-refractivity contribution in [3.05, 3.63) is 47.4 Å².